The van der Waals surface area contributed by atoms with Gasteiger partial charge >= 0.3 is 0 Å². The third kappa shape index (κ3) is 0.452. The molecule has 0 aromatic rings. The molecule has 0 aromatic heterocycles. The van der Waals surface area contributed by atoms with Crippen molar-refractivity contribution in [1.29, 1.82) is 0 Å². The van der Waals surface area contributed by atoms with Gasteiger partial charge in [-0.2, -0.15) is 0 Å². The topological polar surface area (TPSA) is 34.1 Å². The van der Waals surface area contributed by atoms with Crippen molar-refractivity contribution >= 4 is 9.84 Å². The lowest BCUT2D eigenvalue weighted by atomic mass is 9.58. The fraction of sp³-hybridized carbons (Fsp3) is 1.00. The number of hydrogen-bond donors (Lipinski definition) is 0. The van der Waals surface area contributed by atoms with Crippen LogP contribution < -0.4 is 0 Å². The van der Waals surface area contributed by atoms with Crippen LogP contribution in [-0.4, -0.2) is 18.9 Å². The molecule has 16 heavy (non-hydrogen) atoms. The summed E-state index contributed by atoms with van der Waals surface area (Å²) in [6, 6.07) is 0. The van der Waals surface area contributed by atoms with Gasteiger partial charge in [-0.25, -0.2) is 8.42 Å². The maximum absolute atomic E-state index is 12.3. The first-order chi connectivity index (χ1) is 7.11. The van der Waals surface area contributed by atoms with Crippen molar-refractivity contribution in [3.05, 3.63) is 0 Å². The standard InChI is InChI=1S/C13H20O2S/c1-7-11(4)6-8-13(7)9(16(8,14)15)12(13,5)10(11,2)3/h7-9H,6H2,1-5H3. The number of hydrogen-bond acceptors (Lipinski definition) is 2. The van der Waals surface area contributed by atoms with Crippen LogP contribution in [0.3, 0.4) is 0 Å². The first-order valence-electron chi connectivity index (χ1n) is 6.34. The second-order valence-corrected chi connectivity index (χ2v) is 9.78. The van der Waals surface area contributed by atoms with E-state index in [1.165, 1.54) is 0 Å². The predicted molar refractivity (Wildman–Crippen MR) is 62.7 cm³/mol. The Balaban J connectivity index is 2.08. The van der Waals surface area contributed by atoms with Crippen molar-refractivity contribution in [2.45, 2.75) is 51.5 Å². The zero-order chi connectivity index (χ0) is 11.9. The third-order valence-corrected chi connectivity index (χ3v) is 10.9. The molecule has 1 heterocycles. The predicted octanol–water partition coefficient (Wildman–Crippen LogP) is 2.24. The van der Waals surface area contributed by atoms with Gasteiger partial charge < -0.3 is 0 Å². The number of rotatable bonds is 0. The van der Waals surface area contributed by atoms with E-state index in [1.54, 1.807) is 0 Å². The Hall–Kier alpha value is -0.0500. The molecule has 0 N–H and O–H groups in total. The molecule has 1 aliphatic heterocycles. The maximum Gasteiger partial charge on any atom is 0.157 e. The molecule has 1 saturated heterocycles. The molecule has 3 saturated carbocycles. The molecule has 2 bridgehead atoms. The van der Waals surface area contributed by atoms with Gasteiger partial charge in [0, 0.05) is 5.41 Å². The monoisotopic (exact) mass is 240 g/mol. The average molecular weight is 240 g/mol. The highest BCUT2D eigenvalue weighted by Gasteiger charge is 3.04. The van der Waals surface area contributed by atoms with Gasteiger partial charge in [-0.3, -0.25) is 0 Å². The van der Waals surface area contributed by atoms with Gasteiger partial charge in [-0.1, -0.05) is 34.6 Å². The van der Waals surface area contributed by atoms with Crippen molar-refractivity contribution < 1.29 is 8.42 Å². The van der Waals surface area contributed by atoms with Crippen molar-refractivity contribution in [3.8, 4) is 0 Å². The summed E-state index contributed by atoms with van der Waals surface area (Å²) >= 11 is 0. The Labute approximate surface area is 97.7 Å². The van der Waals surface area contributed by atoms with E-state index in [0.717, 1.165) is 6.42 Å². The summed E-state index contributed by atoms with van der Waals surface area (Å²) in [5.74, 6) is 0.582. The molecular formula is C13H20O2S. The quantitative estimate of drug-likeness (QED) is 0.651. The molecule has 4 aliphatic rings. The van der Waals surface area contributed by atoms with E-state index in [2.05, 4.69) is 34.6 Å². The summed E-state index contributed by atoms with van der Waals surface area (Å²) < 4.78 is 24.6. The van der Waals surface area contributed by atoms with Crippen molar-refractivity contribution in [3.63, 3.8) is 0 Å². The van der Waals surface area contributed by atoms with E-state index in [1.807, 2.05) is 0 Å². The van der Waals surface area contributed by atoms with Crippen LogP contribution in [0, 0.1) is 27.6 Å². The van der Waals surface area contributed by atoms with Crippen LogP contribution in [0.2, 0.25) is 0 Å². The molecule has 3 heteroatoms. The Kier molecular flexibility index (Phi) is 1.13. The van der Waals surface area contributed by atoms with Crippen LogP contribution in [0.15, 0.2) is 0 Å². The Bertz CT molecular complexity index is 527. The summed E-state index contributed by atoms with van der Waals surface area (Å²) in [7, 11) is -2.78. The average Bonchev–Trinajstić information content (AvgIpc) is 2.63. The Morgan fingerprint density at radius 1 is 1.12 bits per heavy atom. The summed E-state index contributed by atoms with van der Waals surface area (Å²) in [5, 5.41) is 0.00102. The SMILES string of the molecule is CC1C2(C)CC3C14C(C4(C)C2(C)C)S3(=O)=O. The van der Waals surface area contributed by atoms with Gasteiger partial charge in [0.2, 0.25) is 0 Å². The van der Waals surface area contributed by atoms with Gasteiger partial charge in [0.05, 0.1) is 10.5 Å². The molecule has 4 rings (SSSR count). The van der Waals surface area contributed by atoms with E-state index >= 15 is 0 Å². The highest BCUT2D eigenvalue weighted by atomic mass is 32.2. The smallest absolute Gasteiger partial charge is 0.157 e. The van der Waals surface area contributed by atoms with E-state index in [9.17, 15) is 8.42 Å². The van der Waals surface area contributed by atoms with Crippen LogP contribution >= 0.6 is 0 Å². The lowest BCUT2D eigenvalue weighted by Crippen LogP contribution is -2.45. The molecule has 0 amide bonds. The van der Waals surface area contributed by atoms with E-state index in [-0.39, 0.29) is 32.2 Å². The van der Waals surface area contributed by atoms with E-state index in [4.69, 9.17) is 0 Å². The van der Waals surface area contributed by atoms with Crippen LogP contribution in [0.5, 0.6) is 0 Å². The first kappa shape index (κ1) is 9.93. The van der Waals surface area contributed by atoms with Gasteiger partial charge in [-0.15, -0.1) is 0 Å². The Morgan fingerprint density at radius 2 is 1.69 bits per heavy atom. The lowest BCUT2D eigenvalue weighted by molar-refractivity contribution is 0.0302. The van der Waals surface area contributed by atoms with Crippen LogP contribution in [0.25, 0.3) is 0 Å². The second kappa shape index (κ2) is 1.82. The van der Waals surface area contributed by atoms with E-state index < -0.39 is 9.84 Å². The zero-order valence-corrected chi connectivity index (χ0v) is 11.5. The summed E-state index contributed by atoms with van der Waals surface area (Å²) in [6.07, 6.45) is 0.912. The van der Waals surface area contributed by atoms with Crippen LogP contribution in [0.4, 0.5) is 0 Å². The minimum Gasteiger partial charge on any atom is -0.228 e. The van der Waals surface area contributed by atoms with Crippen molar-refractivity contribution in [2.24, 2.45) is 27.6 Å². The minimum absolute atomic E-state index is 0.00178. The fourth-order valence-corrected chi connectivity index (χ4v) is 10.7. The fourth-order valence-electron chi connectivity index (χ4n) is 6.69. The minimum atomic E-state index is -2.78. The molecule has 4 fully saturated rings. The molecular weight excluding hydrogens is 220 g/mol. The second-order valence-electron chi connectivity index (χ2n) is 7.56. The van der Waals surface area contributed by atoms with Crippen LogP contribution in [-0.2, 0) is 9.84 Å². The van der Waals surface area contributed by atoms with Gasteiger partial charge in [-0.05, 0) is 28.6 Å². The zero-order valence-electron chi connectivity index (χ0n) is 10.7. The largest absolute Gasteiger partial charge is 0.228 e. The lowest BCUT2D eigenvalue weighted by Gasteiger charge is -2.45. The maximum atomic E-state index is 12.3. The highest BCUT2D eigenvalue weighted by molar-refractivity contribution is 7.95. The molecule has 90 valence electrons. The van der Waals surface area contributed by atoms with Gasteiger partial charge in [0.1, 0.15) is 0 Å². The highest BCUT2D eigenvalue weighted by Crippen LogP contribution is 2.99. The van der Waals surface area contributed by atoms with Crippen LogP contribution in [0.1, 0.15) is 41.0 Å². The molecule has 0 radical (unpaired) electrons. The number of sulfone groups is 1. The first-order valence-corrected chi connectivity index (χ1v) is 7.95. The summed E-state index contributed by atoms with van der Waals surface area (Å²) in [4.78, 5) is 0. The summed E-state index contributed by atoms with van der Waals surface area (Å²) in [5.41, 5.74) is 0.636. The molecule has 2 nitrogen and oxygen atoms in total. The normalized spacial score (nSPS) is 70.9. The summed E-state index contributed by atoms with van der Waals surface area (Å²) in [6.45, 7) is 11.5. The molecule has 6 unspecified atom stereocenters. The number of fused-ring (bicyclic) bond motifs is 2. The molecule has 3 aliphatic carbocycles. The Morgan fingerprint density at radius 3 is 2.19 bits per heavy atom. The third-order valence-electron chi connectivity index (χ3n) is 8.04. The van der Waals surface area contributed by atoms with Gasteiger partial charge in [0.15, 0.2) is 9.84 Å². The van der Waals surface area contributed by atoms with Gasteiger partial charge in [0.25, 0.3) is 0 Å². The van der Waals surface area contributed by atoms with Crippen molar-refractivity contribution in [2.75, 3.05) is 0 Å². The molecule has 6 atom stereocenters. The van der Waals surface area contributed by atoms with Crippen molar-refractivity contribution in [1.82, 2.24) is 0 Å². The molecule has 1 spiro atoms. The van der Waals surface area contributed by atoms with E-state index in [0.29, 0.717) is 5.92 Å². The molecule has 0 aromatic carbocycles.